The van der Waals surface area contributed by atoms with Crippen LogP contribution in [0.25, 0.3) is 11.0 Å². The van der Waals surface area contributed by atoms with Gasteiger partial charge in [-0.2, -0.15) is 11.8 Å². The van der Waals surface area contributed by atoms with Crippen molar-refractivity contribution in [2.75, 3.05) is 11.5 Å². The Balaban J connectivity index is 2.77. The highest BCUT2D eigenvalue weighted by atomic mass is 32.2. The summed E-state index contributed by atoms with van der Waals surface area (Å²) >= 11 is 1.66. The van der Waals surface area contributed by atoms with Gasteiger partial charge >= 0.3 is 17.1 Å². The largest absolute Gasteiger partial charge is 0.478 e. The van der Waals surface area contributed by atoms with Crippen LogP contribution in [0.15, 0.2) is 27.8 Å². The van der Waals surface area contributed by atoms with Crippen molar-refractivity contribution in [3.8, 4) is 0 Å². The summed E-state index contributed by atoms with van der Waals surface area (Å²) in [7, 11) is 0. The molecule has 1 unspecified atom stereocenters. The minimum atomic E-state index is -1.14. The number of fused-ring (bicyclic) bond motifs is 1. The van der Waals surface area contributed by atoms with Crippen molar-refractivity contribution in [3.05, 3.63) is 44.5 Å². The highest BCUT2D eigenvalue weighted by molar-refractivity contribution is 7.99. The van der Waals surface area contributed by atoms with E-state index in [-0.39, 0.29) is 17.1 Å². The summed E-state index contributed by atoms with van der Waals surface area (Å²) in [6.45, 7) is 3.86. The van der Waals surface area contributed by atoms with Crippen molar-refractivity contribution >= 4 is 28.8 Å². The first-order chi connectivity index (χ1) is 9.97. The van der Waals surface area contributed by atoms with Gasteiger partial charge in [0.05, 0.1) is 16.6 Å². The molecule has 0 aliphatic heterocycles. The molecule has 2 N–H and O–H groups in total. The number of nitrogens with one attached hydrogen (secondary N) is 1. The number of H-pyrrole nitrogens is 1. The molecule has 2 rings (SSSR count). The molecule has 0 aliphatic carbocycles. The first-order valence-electron chi connectivity index (χ1n) is 6.56. The highest BCUT2D eigenvalue weighted by Gasteiger charge is 2.17. The molecule has 0 bridgehead atoms. The number of aromatic carboxylic acids is 1. The van der Waals surface area contributed by atoms with Crippen LogP contribution >= 0.6 is 11.8 Å². The standard InChI is InChI=1S/C14H16N2O4S/c1-3-21-7-8(2)16-10-6-4-5-9(14(19)20)11(10)15-12(17)13(16)18/h4-6,8H,3,7H2,1-2H3,(H,15,17)(H,19,20). The summed E-state index contributed by atoms with van der Waals surface area (Å²) in [6, 6.07) is 4.42. The van der Waals surface area contributed by atoms with Gasteiger partial charge < -0.3 is 10.1 Å². The van der Waals surface area contributed by atoms with Gasteiger partial charge in [-0.05, 0) is 24.8 Å². The lowest BCUT2D eigenvalue weighted by Crippen LogP contribution is -2.38. The number of rotatable bonds is 5. The zero-order valence-corrected chi connectivity index (χ0v) is 12.6. The molecule has 2 aromatic rings. The number of aromatic amines is 1. The molecule has 112 valence electrons. The third-order valence-electron chi connectivity index (χ3n) is 3.19. The van der Waals surface area contributed by atoms with Crippen molar-refractivity contribution in [2.45, 2.75) is 19.9 Å². The van der Waals surface area contributed by atoms with Gasteiger partial charge in [0.1, 0.15) is 0 Å². The van der Waals surface area contributed by atoms with Crippen molar-refractivity contribution in [3.63, 3.8) is 0 Å². The van der Waals surface area contributed by atoms with E-state index >= 15 is 0 Å². The lowest BCUT2D eigenvalue weighted by Gasteiger charge is -2.17. The monoisotopic (exact) mass is 308 g/mol. The summed E-state index contributed by atoms with van der Waals surface area (Å²) in [5.74, 6) is 0.435. The SMILES string of the molecule is CCSCC(C)n1c(=O)c(=O)[nH]c2c(C(=O)O)cccc21. The zero-order valence-electron chi connectivity index (χ0n) is 11.8. The molecule has 7 heteroatoms. The Labute approximate surface area is 124 Å². The summed E-state index contributed by atoms with van der Waals surface area (Å²) in [5, 5.41) is 9.20. The average molecular weight is 308 g/mol. The quantitative estimate of drug-likeness (QED) is 0.820. The van der Waals surface area contributed by atoms with Gasteiger partial charge in [0.25, 0.3) is 0 Å². The van der Waals surface area contributed by atoms with Crippen LogP contribution in [0.1, 0.15) is 30.2 Å². The lowest BCUT2D eigenvalue weighted by atomic mass is 10.1. The highest BCUT2D eigenvalue weighted by Crippen LogP contribution is 2.19. The maximum atomic E-state index is 12.1. The molecule has 0 fully saturated rings. The van der Waals surface area contributed by atoms with E-state index in [1.807, 2.05) is 13.8 Å². The summed E-state index contributed by atoms with van der Waals surface area (Å²) < 4.78 is 1.38. The number of carboxylic acid groups (broad SMARTS) is 1. The third kappa shape index (κ3) is 2.87. The molecule has 0 amide bonds. The van der Waals surface area contributed by atoms with Gasteiger partial charge in [-0.15, -0.1) is 0 Å². The Kier molecular flexibility index (Phi) is 4.52. The molecule has 0 saturated carbocycles. The topological polar surface area (TPSA) is 92.2 Å². The number of thioether (sulfide) groups is 1. The fraction of sp³-hybridized carbons (Fsp3) is 0.357. The molecule has 0 saturated heterocycles. The Morgan fingerprint density at radius 2 is 2.14 bits per heavy atom. The Hall–Kier alpha value is -2.02. The number of benzene rings is 1. The zero-order chi connectivity index (χ0) is 15.6. The molecule has 1 atom stereocenters. The van der Waals surface area contributed by atoms with E-state index in [0.29, 0.717) is 11.3 Å². The van der Waals surface area contributed by atoms with Gasteiger partial charge in [-0.1, -0.05) is 13.0 Å². The van der Waals surface area contributed by atoms with Crippen molar-refractivity contribution in [1.29, 1.82) is 0 Å². The molecule has 21 heavy (non-hydrogen) atoms. The van der Waals surface area contributed by atoms with Crippen LogP contribution in [0.2, 0.25) is 0 Å². The van der Waals surface area contributed by atoms with Gasteiger partial charge in [-0.25, -0.2) is 4.79 Å². The fourth-order valence-electron chi connectivity index (χ4n) is 2.24. The number of para-hydroxylation sites is 1. The number of nitrogens with zero attached hydrogens (tertiary/aromatic N) is 1. The maximum Gasteiger partial charge on any atom is 0.337 e. The van der Waals surface area contributed by atoms with E-state index in [9.17, 15) is 19.5 Å². The smallest absolute Gasteiger partial charge is 0.337 e. The van der Waals surface area contributed by atoms with Crippen LogP contribution < -0.4 is 11.1 Å². The van der Waals surface area contributed by atoms with E-state index in [1.165, 1.54) is 10.6 Å². The average Bonchev–Trinajstić information content (AvgIpc) is 2.45. The van der Waals surface area contributed by atoms with Crippen LogP contribution in [-0.4, -0.2) is 32.1 Å². The Morgan fingerprint density at radius 3 is 2.76 bits per heavy atom. The normalized spacial score (nSPS) is 12.5. The molecule has 0 aliphatic rings. The number of aromatic nitrogens is 2. The molecule has 1 heterocycles. The van der Waals surface area contributed by atoms with Crippen LogP contribution in [0.4, 0.5) is 0 Å². The molecular formula is C14H16N2O4S. The summed E-state index contributed by atoms with van der Waals surface area (Å²) in [4.78, 5) is 37.6. The first-order valence-corrected chi connectivity index (χ1v) is 7.71. The predicted molar refractivity (Wildman–Crippen MR) is 83.5 cm³/mol. The van der Waals surface area contributed by atoms with Crippen LogP contribution in [0.3, 0.4) is 0 Å². The molecule has 0 spiro atoms. The predicted octanol–water partition coefficient (Wildman–Crippen LogP) is 1.70. The number of carboxylic acids is 1. The van der Waals surface area contributed by atoms with Gasteiger partial charge in [-0.3, -0.25) is 14.2 Å². The molecule has 6 nitrogen and oxygen atoms in total. The van der Waals surface area contributed by atoms with Gasteiger partial charge in [0.2, 0.25) is 0 Å². The van der Waals surface area contributed by atoms with E-state index < -0.39 is 17.1 Å². The number of hydrogen-bond donors (Lipinski definition) is 2. The molecule has 0 radical (unpaired) electrons. The van der Waals surface area contributed by atoms with Crippen LogP contribution in [0.5, 0.6) is 0 Å². The van der Waals surface area contributed by atoms with E-state index in [1.54, 1.807) is 23.9 Å². The molecule has 1 aromatic heterocycles. The molecular weight excluding hydrogens is 292 g/mol. The van der Waals surface area contributed by atoms with Gasteiger partial charge in [0, 0.05) is 11.8 Å². The van der Waals surface area contributed by atoms with E-state index in [4.69, 9.17) is 0 Å². The summed E-state index contributed by atoms with van der Waals surface area (Å²) in [5.41, 5.74) is -0.862. The van der Waals surface area contributed by atoms with Gasteiger partial charge in [0.15, 0.2) is 0 Å². The second kappa shape index (κ2) is 6.17. The second-order valence-electron chi connectivity index (χ2n) is 4.64. The number of hydrogen-bond acceptors (Lipinski definition) is 4. The van der Waals surface area contributed by atoms with E-state index in [2.05, 4.69) is 4.98 Å². The number of carbonyl (C=O) groups is 1. The molecule has 1 aromatic carbocycles. The fourth-order valence-corrected chi connectivity index (χ4v) is 2.96. The van der Waals surface area contributed by atoms with E-state index in [0.717, 1.165) is 5.75 Å². The minimum absolute atomic E-state index is 0.0197. The van der Waals surface area contributed by atoms with Crippen LogP contribution in [0, 0.1) is 0 Å². The third-order valence-corrected chi connectivity index (χ3v) is 4.31. The van der Waals surface area contributed by atoms with Crippen molar-refractivity contribution < 1.29 is 9.90 Å². The minimum Gasteiger partial charge on any atom is -0.478 e. The van der Waals surface area contributed by atoms with Crippen molar-refractivity contribution in [2.24, 2.45) is 0 Å². The first kappa shape index (κ1) is 15.4. The van der Waals surface area contributed by atoms with Crippen LogP contribution in [-0.2, 0) is 0 Å². The second-order valence-corrected chi connectivity index (χ2v) is 5.96. The Bertz CT molecular complexity index is 794. The van der Waals surface area contributed by atoms with Crippen molar-refractivity contribution in [1.82, 2.24) is 9.55 Å². The maximum absolute atomic E-state index is 12.1. The summed E-state index contributed by atoms with van der Waals surface area (Å²) in [6.07, 6.45) is 0. The lowest BCUT2D eigenvalue weighted by molar-refractivity contribution is 0.0698. The Morgan fingerprint density at radius 1 is 1.43 bits per heavy atom.